The number of halogens is 1. The summed E-state index contributed by atoms with van der Waals surface area (Å²) in [6.45, 7) is 3.31. The number of aromatic nitrogens is 1. The Labute approximate surface area is 115 Å². The minimum absolute atomic E-state index is 0.281. The van der Waals surface area contributed by atoms with E-state index in [0.29, 0.717) is 6.54 Å². The lowest BCUT2D eigenvalue weighted by Crippen LogP contribution is -2.25. The van der Waals surface area contributed by atoms with Gasteiger partial charge in [-0.25, -0.2) is 0 Å². The molecule has 3 nitrogen and oxygen atoms in total. The number of pyridine rings is 1. The molecule has 2 aromatic rings. The monoisotopic (exact) mass is 308 g/mol. The number of rotatable bonds is 5. The third kappa shape index (κ3) is 3.07. The first-order valence-corrected chi connectivity index (χ1v) is 6.92. The molecule has 1 atom stereocenters. The molecule has 18 heavy (non-hydrogen) atoms. The summed E-state index contributed by atoms with van der Waals surface area (Å²) in [7, 11) is 0. The summed E-state index contributed by atoms with van der Waals surface area (Å²) in [5.74, 6) is 0. The molecule has 0 saturated carbocycles. The Morgan fingerprint density at radius 1 is 1.39 bits per heavy atom. The molecular weight excluding hydrogens is 292 g/mol. The molecule has 4 heteroatoms. The van der Waals surface area contributed by atoms with Crippen LogP contribution in [-0.2, 0) is 6.54 Å². The molecule has 2 rings (SSSR count). The first kappa shape index (κ1) is 13.5. The van der Waals surface area contributed by atoms with Gasteiger partial charge in [-0.05, 0) is 30.2 Å². The molecule has 0 aliphatic heterocycles. The fraction of sp³-hybridized carbons (Fsp3) is 0.357. The maximum Gasteiger partial charge on any atom is 0.0706 e. The Morgan fingerprint density at radius 2 is 2.22 bits per heavy atom. The number of hydrogen-bond donors (Lipinski definition) is 2. The molecule has 2 N–H and O–H groups in total. The van der Waals surface area contributed by atoms with Crippen molar-refractivity contribution in [1.29, 1.82) is 0 Å². The van der Waals surface area contributed by atoms with Crippen molar-refractivity contribution in [3.05, 3.63) is 40.5 Å². The third-order valence-electron chi connectivity index (χ3n) is 2.99. The van der Waals surface area contributed by atoms with Gasteiger partial charge in [-0.2, -0.15) is 0 Å². The van der Waals surface area contributed by atoms with Gasteiger partial charge in [0.25, 0.3) is 0 Å². The molecule has 0 bridgehead atoms. The van der Waals surface area contributed by atoms with Crippen molar-refractivity contribution in [1.82, 2.24) is 10.3 Å². The Morgan fingerprint density at radius 3 is 3.00 bits per heavy atom. The van der Waals surface area contributed by atoms with Crippen LogP contribution in [0.2, 0.25) is 0 Å². The van der Waals surface area contributed by atoms with Crippen LogP contribution in [0.3, 0.4) is 0 Å². The van der Waals surface area contributed by atoms with E-state index < -0.39 is 0 Å². The summed E-state index contributed by atoms with van der Waals surface area (Å²) in [5, 5.41) is 14.0. The first-order chi connectivity index (χ1) is 8.72. The highest BCUT2D eigenvalue weighted by Crippen LogP contribution is 2.25. The topological polar surface area (TPSA) is 45.1 Å². The second-order valence-electron chi connectivity index (χ2n) is 4.29. The average Bonchev–Trinajstić information content (AvgIpc) is 2.41. The fourth-order valence-electron chi connectivity index (χ4n) is 1.87. The van der Waals surface area contributed by atoms with Gasteiger partial charge in [0.2, 0.25) is 0 Å². The molecule has 0 aliphatic carbocycles. The van der Waals surface area contributed by atoms with Crippen LogP contribution in [-0.4, -0.2) is 22.7 Å². The average molecular weight is 309 g/mol. The normalized spacial score (nSPS) is 12.8. The molecular formula is C14H17BrN2O. The third-order valence-corrected chi connectivity index (χ3v) is 3.74. The van der Waals surface area contributed by atoms with Crippen LogP contribution in [0.15, 0.2) is 34.9 Å². The Kier molecular flexibility index (Phi) is 4.69. The highest BCUT2D eigenvalue weighted by molar-refractivity contribution is 9.10. The van der Waals surface area contributed by atoms with E-state index in [2.05, 4.69) is 32.3 Å². The molecule has 1 unspecified atom stereocenters. The van der Waals surface area contributed by atoms with E-state index in [1.807, 2.05) is 25.1 Å². The molecule has 0 aliphatic rings. The van der Waals surface area contributed by atoms with Gasteiger partial charge in [-0.1, -0.05) is 28.9 Å². The number of benzene rings is 1. The molecule has 1 aromatic carbocycles. The van der Waals surface area contributed by atoms with Crippen LogP contribution >= 0.6 is 15.9 Å². The number of fused-ring (bicyclic) bond motifs is 1. The van der Waals surface area contributed by atoms with Crippen molar-refractivity contribution < 1.29 is 5.11 Å². The van der Waals surface area contributed by atoms with Crippen molar-refractivity contribution >= 4 is 26.8 Å². The van der Waals surface area contributed by atoms with Gasteiger partial charge in [0.1, 0.15) is 0 Å². The van der Waals surface area contributed by atoms with Crippen LogP contribution in [0.1, 0.15) is 18.9 Å². The highest BCUT2D eigenvalue weighted by atomic mass is 79.9. The van der Waals surface area contributed by atoms with Crippen molar-refractivity contribution in [3.63, 3.8) is 0 Å². The van der Waals surface area contributed by atoms with Crippen molar-refractivity contribution in [2.45, 2.75) is 26.0 Å². The number of hydrogen-bond acceptors (Lipinski definition) is 3. The van der Waals surface area contributed by atoms with Crippen LogP contribution in [0, 0.1) is 0 Å². The largest absolute Gasteiger partial charge is 0.392 e. The Bertz CT molecular complexity index is 530. The van der Waals surface area contributed by atoms with Crippen molar-refractivity contribution in [2.75, 3.05) is 6.54 Å². The minimum atomic E-state index is -0.281. The van der Waals surface area contributed by atoms with E-state index in [1.165, 1.54) is 5.56 Å². The lowest BCUT2D eigenvalue weighted by atomic mass is 10.1. The molecule has 0 fully saturated rings. The van der Waals surface area contributed by atoms with Gasteiger partial charge in [0.15, 0.2) is 0 Å². The zero-order chi connectivity index (χ0) is 13.0. The number of aliphatic hydroxyl groups is 1. The minimum Gasteiger partial charge on any atom is -0.392 e. The molecule has 1 heterocycles. The molecule has 0 saturated heterocycles. The smallest absolute Gasteiger partial charge is 0.0706 e. The number of nitrogens with zero attached hydrogens (tertiary/aromatic N) is 1. The zero-order valence-electron chi connectivity index (χ0n) is 10.4. The summed E-state index contributed by atoms with van der Waals surface area (Å²) < 4.78 is 1.07. The molecule has 0 spiro atoms. The molecule has 0 radical (unpaired) electrons. The SMILES string of the molecule is CCC(O)CNCc1c(Br)ccc2ncccc12. The van der Waals surface area contributed by atoms with E-state index in [9.17, 15) is 5.11 Å². The summed E-state index contributed by atoms with van der Waals surface area (Å²) >= 11 is 3.57. The van der Waals surface area contributed by atoms with Gasteiger partial charge in [0, 0.05) is 29.1 Å². The molecule has 96 valence electrons. The summed E-state index contributed by atoms with van der Waals surface area (Å²) in [4.78, 5) is 4.34. The zero-order valence-corrected chi connectivity index (χ0v) is 11.9. The van der Waals surface area contributed by atoms with Crippen LogP contribution in [0.4, 0.5) is 0 Å². The van der Waals surface area contributed by atoms with Crippen LogP contribution in [0.25, 0.3) is 10.9 Å². The summed E-state index contributed by atoms with van der Waals surface area (Å²) in [5.41, 5.74) is 2.18. The van der Waals surface area contributed by atoms with Gasteiger partial charge >= 0.3 is 0 Å². The fourth-order valence-corrected chi connectivity index (χ4v) is 2.36. The molecule has 0 amide bonds. The van der Waals surface area contributed by atoms with Gasteiger partial charge in [-0.3, -0.25) is 4.98 Å². The predicted octanol–water partition coefficient (Wildman–Crippen LogP) is 2.86. The van der Waals surface area contributed by atoms with Gasteiger partial charge in [-0.15, -0.1) is 0 Å². The summed E-state index contributed by atoms with van der Waals surface area (Å²) in [6, 6.07) is 8.03. The lowest BCUT2D eigenvalue weighted by molar-refractivity contribution is 0.167. The second-order valence-corrected chi connectivity index (χ2v) is 5.14. The first-order valence-electron chi connectivity index (χ1n) is 6.13. The second kappa shape index (κ2) is 6.27. The van der Waals surface area contributed by atoms with Crippen LogP contribution in [0.5, 0.6) is 0 Å². The standard InChI is InChI=1S/C14H17BrN2O/c1-2-10(18)8-16-9-12-11-4-3-7-17-14(11)6-5-13(12)15/h3-7,10,16,18H,2,8-9H2,1H3. The predicted molar refractivity (Wildman–Crippen MR) is 77.4 cm³/mol. The quantitative estimate of drug-likeness (QED) is 0.893. The van der Waals surface area contributed by atoms with Gasteiger partial charge in [0.05, 0.1) is 11.6 Å². The number of nitrogens with one attached hydrogen (secondary N) is 1. The van der Waals surface area contributed by atoms with Crippen molar-refractivity contribution in [3.8, 4) is 0 Å². The van der Waals surface area contributed by atoms with E-state index in [-0.39, 0.29) is 6.10 Å². The number of aliphatic hydroxyl groups excluding tert-OH is 1. The molecule has 1 aromatic heterocycles. The van der Waals surface area contributed by atoms with E-state index in [4.69, 9.17) is 0 Å². The Hall–Kier alpha value is -0.970. The maximum absolute atomic E-state index is 9.53. The van der Waals surface area contributed by atoms with E-state index >= 15 is 0 Å². The van der Waals surface area contributed by atoms with E-state index in [0.717, 1.165) is 28.3 Å². The Balaban J connectivity index is 2.18. The highest BCUT2D eigenvalue weighted by Gasteiger charge is 2.07. The summed E-state index contributed by atoms with van der Waals surface area (Å²) in [6.07, 6.45) is 2.29. The lowest BCUT2D eigenvalue weighted by Gasteiger charge is -2.12. The van der Waals surface area contributed by atoms with Crippen LogP contribution < -0.4 is 5.32 Å². The van der Waals surface area contributed by atoms with E-state index in [1.54, 1.807) is 6.20 Å². The maximum atomic E-state index is 9.53. The van der Waals surface area contributed by atoms with Crippen molar-refractivity contribution in [2.24, 2.45) is 0 Å². The van der Waals surface area contributed by atoms with Gasteiger partial charge < -0.3 is 10.4 Å².